The summed E-state index contributed by atoms with van der Waals surface area (Å²) in [5.41, 5.74) is 4.39. The van der Waals surface area contributed by atoms with Gasteiger partial charge in [0.05, 0.1) is 16.6 Å². The van der Waals surface area contributed by atoms with Crippen molar-refractivity contribution in [2.24, 2.45) is 0 Å². The number of hydroxylamine groups is 2. The van der Waals surface area contributed by atoms with Crippen LogP contribution in [0.4, 0.5) is 8.78 Å². The molecule has 6 aromatic rings. The van der Waals surface area contributed by atoms with E-state index in [0.29, 0.717) is 112 Å². The number of para-hydroxylation sites is 1. The average molecular weight is 890 g/mol. The summed E-state index contributed by atoms with van der Waals surface area (Å²) in [6.07, 6.45) is 4.66. The summed E-state index contributed by atoms with van der Waals surface area (Å²) < 4.78 is 42.5. The van der Waals surface area contributed by atoms with Crippen LogP contribution in [-0.2, 0) is 24.4 Å². The van der Waals surface area contributed by atoms with Gasteiger partial charge in [0.15, 0.2) is 11.6 Å². The van der Waals surface area contributed by atoms with E-state index in [0.717, 1.165) is 5.56 Å². The van der Waals surface area contributed by atoms with Crippen LogP contribution in [0.3, 0.4) is 0 Å². The molecule has 1 fully saturated rings. The normalized spacial score (nSPS) is 18.1. The second-order valence-corrected chi connectivity index (χ2v) is 16.4. The highest BCUT2D eigenvalue weighted by Gasteiger charge is 2.28. The molecule has 8 rings (SSSR count). The van der Waals surface area contributed by atoms with Crippen molar-refractivity contribution in [1.82, 2.24) is 34.8 Å². The summed E-state index contributed by atoms with van der Waals surface area (Å²) in [5, 5.41) is 31.9. The van der Waals surface area contributed by atoms with E-state index >= 15 is 4.39 Å². The lowest BCUT2D eigenvalue weighted by molar-refractivity contribution is -0.145. The van der Waals surface area contributed by atoms with E-state index in [1.54, 1.807) is 66.9 Å². The molecule has 64 heavy (non-hydrogen) atoms. The summed E-state index contributed by atoms with van der Waals surface area (Å²) >= 11 is 1.29. The average Bonchev–Trinajstić information content (AvgIpc) is 3.70. The zero-order valence-electron chi connectivity index (χ0n) is 34.9. The van der Waals surface area contributed by atoms with Gasteiger partial charge in [0.1, 0.15) is 35.2 Å². The number of halogens is 2. The van der Waals surface area contributed by atoms with Crippen LogP contribution in [0.25, 0.3) is 37.6 Å². The predicted octanol–water partition coefficient (Wildman–Crippen LogP) is 8.10. The molecule has 0 aliphatic carbocycles. The molecule has 330 valence electrons. The maximum atomic E-state index is 15.6. The van der Waals surface area contributed by atoms with Crippen LogP contribution in [0.15, 0.2) is 115 Å². The lowest BCUT2D eigenvalue weighted by Gasteiger charge is -2.33. The minimum Gasteiger partial charge on any atom is -0.487 e. The molecule has 0 radical (unpaired) electrons. The third kappa shape index (κ3) is 10.3. The quantitative estimate of drug-likeness (QED) is 0.0892. The summed E-state index contributed by atoms with van der Waals surface area (Å²) in [7, 11) is 0. The smallest absolute Gasteiger partial charge is 0.345 e. The number of hydrogen-bond acceptors (Lipinski definition) is 14. The molecule has 14 nitrogen and oxygen atoms in total. The lowest BCUT2D eigenvalue weighted by atomic mass is 9.99. The van der Waals surface area contributed by atoms with Crippen LogP contribution in [0.2, 0.25) is 0 Å². The number of benzene rings is 3. The summed E-state index contributed by atoms with van der Waals surface area (Å²) in [6, 6.07) is 20.0. The Morgan fingerprint density at radius 3 is 2.50 bits per heavy atom. The monoisotopic (exact) mass is 889 g/mol. The molecule has 2 bridgehead atoms. The van der Waals surface area contributed by atoms with Crippen molar-refractivity contribution in [3.63, 3.8) is 0 Å². The third-order valence-electron chi connectivity index (χ3n) is 11.1. The fraction of sp³-hybridized carbons (Fsp3) is 0.255. The Hall–Kier alpha value is -6.47. The van der Waals surface area contributed by atoms with E-state index in [1.165, 1.54) is 41.8 Å². The molecule has 0 spiro atoms. The first-order valence-electron chi connectivity index (χ1n) is 20.5. The number of thiophene rings is 1. The maximum Gasteiger partial charge on any atom is 0.345 e. The molecule has 3 aromatic carbocycles. The van der Waals surface area contributed by atoms with E-state index in [2.05, 4.69) is 41.2 Å². The number of carbonyl (C=O) groups is 1. The molecule has 3 N–H and O–H groups in total. The number of ether oxygens (including phenoxy) is 2. The summed E-state index contributed by atoms with van der Waals surface area (Å²) in [4.78, 5) is 41.2. The Morgan fingerprint density at radius 2 is 1.73 bits per heavy atom. The van der Waals surface area contributed by atoms with Gasteiger partial charge in [0, 0.05) is 75.4 Å². The van der Waals surface area contributed by atoms with Gasteiger partial charge in [-0.05, 0) is 71.2 Å². The highest BCUT2D eigenvalue weighted by molar-refractivity contribution is 7.22. The molecule has 2 aliphatic heterocycles. The van der Waals surface area contributed by atoms with E-state index in [4.69, 9.17) is 9.47 Å². The zero-order chi connectivity index (χ0) is 44.7. The van der Waals surface area contributed by atoms with Crippen molar-refractivity contribution in [3.05, 3.63) is 144 Å². The molecule has 0 amide bonds. The highest BCUT2D eigenvalue weighted by atomic mass is 32.1. The zero-order valence-corrected chi connectivity index (χ0v) is 35.7. The SMILES string of the molecule is C=C1/C=C\C(=C(/C)F)CN(CCN2CCN(O)CC2)Cc2ccc(OCc3ccnc(-c4ccccc4OO)n3)c(c2)C[C@H](C(=O)O)Oc2ncnc3sc(-c4ccc(F)cc4)c1c23. The van der Waals surface area contributed by atoms with Gasteiger partial charge in [-0.2, -0.15) is 5.06 Å². The first-order valence-corrected chi connectivity index (χ1v) is 21.4. The number of hydrogen-bond donors (Lipinski definition) is 3. The van der Waals surface area contributed by atoms with Crippen LogP contribution in [0.5, 0.6) is 17.4 Å². The maximum absolute atomic E-state index is 15.6. The Kier molecular flexibility index (Phi) is 13.7. The highest BCUT2D eigenvalue weighted by Crippen LogP contribution is 2.45. The van der Waals surface area contributed by atoms with Crippen LogP contribution in [0, 0.1) is 5.82 Å². The second-order valence-electron chi connectivity index (χ2n) is 15.4. The number of nitrogens with zero attached hydrogens (tertiary/aromatic N) is 7. The van der Waals surface area contributed by atoms with Gasteiger partial charge >= 0.3 is 5.97 Å². The molecule has 0 unspecified atom stereocenters. The van der Waals surface area contributed by atoms with Gasteiger partial charge in [0.25, 0.3) is 0 Å². The van der Waals surface area contributed by atoms with Crippen molar-refractivity contribution in [3.8, 4) is 39.2 Å². The van der Waals surface area contributed by atoms with Gasteiger partial charge in [-0.15, -0.1) is 11.3 Å². The van der Waals surface area contributed by atoms with Crippen molar-refractivity contribution in [2.75, 3.05) is 45.8 Å². The van der Waals surface area contributed by atoms with E-state index in [1.807, 2.05) is 12.1 Å². The number of aromatic nitrogens is 4. The summed E-state index contributed by atoms with van der Waals surface area (Å²) in [6.45, 7) is 9.96. The topological polar surface area (TPSA) is 167 Å². The molecule has 3 aromatic heterocycles. The van der Waals surface area contributed by atoms with Gasteiger partial charge in [-0.3, -0.25) is 9.80 Å². The number of carboxylic acid groups (broad SMARTS) is 1. The Balaban J connectivity index is 1.20. The molecular weight excluding hydrogens is 845 g/mol. The van der Waals surface area contributed by atoms with Gasteiger partial charge in [-0.1, -0.05) is 55.1 Å². The molecule has 1 atom stereocenters. The Labute approximate surface area is 371 Å². The van der Waals surface area contributed by atoms with Crippen molar-refractivity contribution >= 4 is 33.1 Å². The van der Waals surface area contributed by atoms with Crippen molar-refractivity contribution < 1.29 is 43.5 Å². The Bertz CT molecular complexity index is 2720. The molecule has 5 heterocycles. The van der Waals surface area contributed by atoms with Crippen LogP contribution in [-0.4, -0.2) is 108 Å². The number of carboxylic acids is 1. The molecule has 1 saturated heterocycles. The fourth-order valence-electron chi connectivity index (χ4n) is 7.66. The van der Waals surface area contributed by atoms with Gasteiger partial charge in [-0.25, -0.2) is 38.8 Å². The fourth-order valence-corrected chi connectivity index (χ4v) is 8.83. The molecule has 2 aliphatic rings. The number of rotatable bonds is 10. The van der Waals surface area contributed by atoms with Gasteiger partial charge in [0.2, 0.25) is 12.0 Å². The van der Waals surface area contributed by atoms with Crippen LogP contribution < -0.4 is 14.4 Å². The largest absolute Gasteiger partial charge is 0.487 e. The Morgan fingerprint density at radius 1 is 0.953 bits per heavy atom. The number of piperazine rings is 1. The van der Waals surface area contributed by atoms with Crippen molar-refractivity contribution in [2.45, 2.75) is 32.6 Å². The first kappa shape index (κ1) is 44.1. The molecule has 17 heteroatoms. The standard InChI is InChI=1S/C47H45F2N7O7S/c1-29-7-9-33(30(2)48)26-55(18-17-54-19-21-56(59)22-20-54)25-31-8-14-38(61-27-36-15-16-50-44(53-36)37-5-3-4-6-39(37)63-60)34(23-31)24-40(47(57)58)62-45-42-41(29)43(64-46(42)52-28-51-45)32-10-12-35(49)13-11-32/h3-16,23,28,40,59-60H,1,17-22,24-27H2,2H3,(H,57,58)/b9-7-,33-30-/t40-/m1/s1. The van der Waals surface area contributed by atoms with E-state index in [-0.39, 0.29) is 37.0 Å². The van der Waals surface area contributed by atoms with Crippen molar-refractivity contribution in [1.29, 1.82) is 0 Å². The first-order chi connectivity index (χ1) is 31.0. The van der Waals surface area contributed by atoms with Crippen LogP contribution in [0.1, 0.15) is 29.3 Å². The van der Waals surface area contributed by atoms with E-state index in [9.17, 15) is 24.8 Å². The summed E-state index contributed by atoms with van der Waals surface area (Å²) in [5.74, 6) is -1.18. The van der Waals surface area contributed by atoms with E-state index < -0.39 is 17.9 Å². The van der Waals surface area contributed by atoms with Crippen LogP contribution >= 0.6 is 11.3 Å². The predicted molar refractivity (Wildman–Crippen MR) is 237 cm³/mol. The molecular formula is C47H45F2N7O7S. The second kappa shape index (κ2) is 19.9. The molecule has 0 saturated carbocycles. The van der Waals surface area contributed by atoms with Gasteiger partial charge < -0.3 is 24.7 Å². The number of fused-ring (bicyclic) bond motifs is 2. The lowest BCUT2D eigenvalue weighted by Crippen LogP contribution is -2.47. The number of aliphatic carboxylic acids is 1. The number of allylic oxidation sites excluding steroid dienone is 3. The minimum atomic E-state index is -1.46. The minimum absolute atomic E-state index is 0.00331. The third-order valence-corrected chi connectivity index (χ3v) is 12.2.